The van der Waals surface area contributed by atoms with Gasteiger partial charge >= 0.3 is 0 Å². The zero-order chi connectivity index (χ0) is 9.14. The van der Waals surface area contributed by atoms with Crippen LogP contribution in [0.15, 0.2) is 0 Å². The predicted molar refractivity (Wildman–Crippen MR) is 49.5 cm³/mol. The Bertz CT molecular complexity index is 326. The lowest BCUT2D eigenvalue weighted by Crippen LogP contribution is -1.92. The molecule has 5 heteroatoms. The molecule has 0 fully saturated rings. The van der Waals surface area contributed by atoms with Crippen LogP contribution in [0, 0.1) is 11.3 Å². The number of nitrogens with one attached hydrogen (secondary N) is 1. The topological polar surface area (TPSA) is 71.1 Å². The Morgan fingerprint density at radius 2 is 2.33 bits per heavy atom. The molecule has 1 aromatic heterocycles. The first-order valence-electron chi connectivity index (χ1n) is 3.28. The van der Waals surface area contributed by atoms with Crippen LogP contribution in [-0.2, 0) is 0 Å². The van der Waals surface area contributed by atoms with E-state index in [1.54, 1.807) is 7.05 Å². The SMILES string of the molecule is CNc1sc(C#N)c(N)c1OC. The number of rotatable bonds is 2. The van der Waals surface area contributed by atoms with Gasteiger partial charge in [0.2, 0.25) is 0 Å². The fourth-order valence-electron chi connectivity index (χ4n) is 0.879. The fraction of sp³-hybridized carbons (Fsp3) is 0.286. The third-order valence-corrected chi connectivity index (χ3v) is 2.54. The van der Waals surface area contributed by atoms with Gasteiger partial charge in [0.25, 0.3) is 0 Å². The Kier molecular flexibility index (Phi) is 2.41. The molecule has 0 radical (unpaired) electrons. The van der Waals surface area contributed by atoms with E-state index in [1.807, 2.05) is 6.07 Å². The average molecular weight is 183 g/mol. The molecule has 0 spiro atoms. The van der Waals surface area contributed by atoms with Gasteiger partial charge in [-0.1, -0.05) is 0 Å². The van der Waals surface area contributed by atoms with Crippen LogP contribution in [0.25, 0.3) is 0 Å². The number of ether oxygens (including phenoxy) is 1. The van der Waals surface area contributed by atoms with Crippen molar-refractivity contribution in [2.24, 2.45) is 0 Å². The third kappa shape index (κ3) is 1.17. The van der Waals surface area contributed by atoms with Gasteiger partial charge in [-0.25, -0.2) is 0 Å². The number of nitrogens with zero attached hydrogens (tertiary/aromatic N) is 1. The number of nitrogens with two attached hydrogens (primary N) is 1. The number of methoxy groups -OCH3 is 1. The Morgan fingerprint density at radius 1 is 1.67 bits per heavy atom. The van der Waals surface area contributed by atoms with E-state index in [1.165, 1.54) is 18.4 Å². The van der Waals surface area contributed by atoms with Gasteiger partial charge in [-0.15, -0.1) is 11.3 Å². The number of hydrogen-bond acceptors (Lipinski definition) is 5. The summed E-state index contributed by atoms with van der Waals surface area (Å²) in [6, 6.07) is 2.00. The zero-order valence-corrected chi connectivity index (χ0v) is 7.66. The average Bonchev–Trinajstić information content (AvgIpc) is 2.41. The molecule has 0 aliphatic rings. The lowest BCUT2D eigenvalue weighted by molar-refractivity contribution is 0.420. The van der Waals surface area contributed by atoms with Crippen LogP contribution in [0.4, 0.5) is 10.7 Å². The molecule has 0 saturated heterocycles. The van der Waals surface area contributed by atoms with Gasteiger partial charge in [-0.2, -0.15) is 5.26 Å². The van der Waals surface area contributed by atoms with Crippen molar-refractivity contribution in [2.45, 2.75) is 0 Å². The van der Waals surface area contributed by atoms with Crippen molar-refractivity contribution in [1.29, 1.82) is 5.26 Å². The largest absolute Gasteiger partial charge is 0.492 e. The first-order chi connectivity index (χ1) is 5.74. The van der Waals surface area contributed by atoms with Crippen LogP contribution in [-0.4, -0.2) is 14.2 Å². The first kappa shape index (κ1) is 8.68. The van der Waals surface area contributed by atoms with E-state index in [2.05, 4.69) is 5.32 Å². The summed E-state index contributed by atoms with van der Waals surface area (Å²) in [6.45, 7) is 0. The summed E-state index contributed by atoms with van der Waals surface area (Å²) in [6.07, 6.45) is 0. The van der Waals surface area contributed by atoms with Crippen LogP contribution < -0.4 is 15.8 Å². The summed E-state index contributed by atoms with van der Waals surface area (Å²) in [5.41, 5.74) is 6.04. The molecule has 64 valence electrons. The van der Waals surface area contributed by atoms with Crippen LogP contribution >= 0.6 is 11.3 Å². The molecule has 0 aromatic carbocycles. The maximum Gasteiger partial charge on any atom is 0.177 e. The van der Waals surface area contributed by atoms with Crippen molar-refractivity contribution in [3.05, 3.63) is 4.88 Å². The Balaban J connectivity index is 3.25. The van der Waals surface area contributed by atoms with Crippen LogP contribution in [0.5, 0.6) is 5.75 Å². The van der Waals surface area contributed by atoms with Gasteiger partial charge in [0, 0.05) is 7.05 Å². The highest BCUT2D eigenvalue weighted by Gasteiger charge is 2.14. The molecule has 4 nitrogen and oxygen atoms in total. The monoisotopic (exact) mass is 183 g/mol. The van der Waals surface area contributed by atoms with Crippen molar-refractivity contribution < 1.29 is 4.74 Å². The third-order valence-electron chi connectivity index (χ3n) is 1.43. The lowest BCUT2D eigenvalue weighted by atomic mass is 10.4. The molecule has 0 aliphatic carbocycles. The van der Waals surface area contributed by atoms with Crippen LogP contribution in [0.3, 0.4) is 0 Å². The van der Waals surface area contributed by atoms with Gasteiger partial charge < -0.3 is 15.8 Å². The summed E-state index contributed by atoms with van der Waals surface area (Å²) in [5.74, 6) is 0.555. The van der Waals surface area contributed by atoms with Crippen molar-refractivity contribution in [3.63, 3.8) is 0 Å². The van der Waals surface area contributed by atoms with E-state index in [-0.39, 0.29) is 0 Å². The highest BCUT2D eigenvalue weighted by molar-refractivity contribution is 7.17. The molecule has 0 unspecified atom stereocenters. The highest BCUT2D eigenvalue weighted by atomic mass is 32.1. The minimum absolute atomic E-state index is 0.411. The van der Waals surface area contributed by atoms with Crippen LogP contribution in [0.2, 0.25) is 0 Å². The van der Waals surface area contributed by atoms with E-state index in [9.17, 15) is 0 Å². The second kappa shape index (κ2) is 3.32. The predicted octanol–water partition coefficient (Wildman–Crippen LogP) is 1.25. The van der Waals surface area contributed by atoms with Gasteiger partial charge in [-0.05, 0) is 0 Å². The van der Waals surface area contributed by atoms with Crippen molar-refractivity contribution in [2.75, 3.05) is 25.2 Å². The normalized spacial score (nSPS) is 9.08. The molecule has 0 bridgehead atoms. The second-order valence-corrected chi connectivity index (χ2v) is 3.09. The second-order valence-electron chi connectivity index (χ2n) is 2.07. The number of thiophene rings is 1. The number of hydrogen-bond donors (Lipinski definition) is 2. The standard InChI is InChI=1S/C7H9N3OS/c1-10-7-6(11-2)5(9)4(3-8)12-7/h10H,9H2,1-2H3. The minimum Gasteiger partial charge on any atom is -0.492 e. The molecule has 0 saturated carbocycles. The van der Waals surface area contributed by atoms with E-state index in [0.717, 1.165) is 5.00 Å². The van der Waals surface area contributed by atoms with Crippen LogP contribution in [0.1, 0.15) is 4.88 Å². The molecule has 0 atom stereocenters. The summed E-state index contributed by atoms with van der Waals surface area (Å²) < 4.78 is 5.02. The molecule has 0 aliphatic heterocycles. The molecule has 0 amide bonds. The number of anilines is 2. The quantitative estimate of drug-likeness (QED) is 0.724. The van der Waals surface area contributed by atoms with Gasteiger partial charge in [0.1, 0.15) is 21.6 Å². The van der Waals surface area contributed by atoms with E-state index >= 15 is 0 Å². The molecule has 1 rings (SSSR count). The maximum absolute atomic E-state index is 8.64. The summed E-state index contributed by atoms with van der Waals surface area (Å²) >= 11 is 1.29. The summed E-state index contributed by atoms with van der Waals surface area (Å²) in [7, 11) is 3.29. The van der Waals surface area contributed by atoms with Crippen molar-refractivity contribution >= 4 is 22.0 Å². The molecule has 12 heavy (non-hydrogen) atoms. The number of nitrogen functional groups attached to an aromatic ring is 1. The fourth-order valence-corrected chi connectivity index (χ4v) is 1.72. The van der Waals surface area contributed by atoms with Gasteiger partial charge in [0.15, 0.2) is 5.75 Å². The van der Waals surface area contributed by atoms with Crippen molar-refractivity contribution in [1.82, 2.24) is 0 Å². The van der Waals surface area contributed by atoms with Gasteiger partial charge in [0.05, 0.1) is 7.11 Å². The molecule has 1 aromatic rings. The molecular formula is C7H9N3OS. The lowest BCUT2D eigenvalue weighted by Gasteiger charge is -2.00. The summed E-state index contributed by atoms with van der Waals surface area (Å²) in [4.78, 5) is 0.483. The first-order valence-corrected chi connectivity index (χ1v) is 4.10. The Labute approximate surface area is 74.6 Å². The molecule has 3 N–H and O–H groups in total. The van der Waals surface area contributed by atoms with Gasteiger partial charge in [-0.3, -0.25) is 0 Å². The number of nitriles is 1. The smallest absolute Gasteiger partial charge is 0.177 e. The van der Waals surface area contributed by atoms with Crippen molar-refractivity contribution in [3.8, 4) is 11.8 Å². The summed E-state index contributed by atoms with van der Waals surface area (Å²) in [5, 5.41) is 12.3. The molecular weight excluding hydrogens is 174 g/mol. The van der Waals surface area contributed by atoms with E-state index < -0.39 is 0 Å². The highest BCUT2D eigenvalue weighted by Crippen LogP contribution is 2.41. The Morgan fingerprint density at radius 3 is 2.67 bits per heavy atom. The Hall–Kier alpha value is -1.41. The zero-order valence-electron chi connectivity index (χ0n) is 6.84. The molecule has 1 heterocycles. The van der Waals surface area contributed by atoms with E-state index in [0.29, 0.717) is 16.3 Å². The minimum atomic E-state index is 0.411. The maximum atomic E-state index is 8.64. The van der Waals surface area contributed by atoms with E-state index in [4.69, 9.17) is 15.7 Å².